The van der Waals surface area contributed by atoms with Crippen molar-refractivity contribution < 1.29 is 28.0 Å². The van der Waals surface area contributed by atoms with Crippen molar-refractivity contribution in [1.29, 1.82) is 0 Å². The van der Waals surface area contributed by atoms with Crippen LogP contribution in [0, 0.1) is 0 Å². The zero-order chi connectivity index (χ0) is 27.1. The van der Waals surface area contributed by atoms with E-state index in [9.17, 15) is 19.2 Å². The second-order valence-corrected chi connectivity index (χ2v) is 10.0. The molecule has 0 bridgehead atoms. The molecule has 3 aliphatic rings. The molecule has 8 nitrogen and oxygen atoms in total. The number of halogens is 2. The number of imide groups is 1. The molecule has 0 spiro atoms. The molecule has 2 N–H and O–H groups in total. The number of anilines is 1. The molecule has 196 valence electrons. The van der Waals surface area contributed by atoms with Crippen LogP contribution in [0.1, 0.15) is 59.2 Å². The molecular formula is C27H27BF2N4O4. The van der Waals surface area contributed by atoms with Crippen molar-refractivity contribution in [3.63, 3.8) is 0 Å². The molecule has 2 saturated heterocycles. The Hall–Kier alpha value is -3.76. The van der Waals surface area contributed by atoms with Crippen molar-refractivity contribution in [3.05, 3.63) is 64.7 Å². The largest absolute Gasteiger partial charge is 0.372 e. The molecule has 2 aromatic carbocycles. The summed E-state index contributed by atoms with van der Waals surface area (Å²) in [7, 11) is 6.24. The first-order valence-electron chi connectivity index (χ1n) is 12.7. The molecule has 2 aromatic rings. The maximum atomic E-state index is 15.1. The summed E-state index contributed by atoms with van der Waals surface area (Å²) in [4.78, 5) is 52.7. The van der Waals surface area contributed by atoms with E-state index in [-0.39, 0.29) is 31.5 Å². The third-order valence-corrected chi connectivity index (χ3v) is 7.50. The Morgan fingerprint density at radius 1 is 1.08 bits per heavy atom. The first-order valence-corrected chi connectivity index (χ1v) is 12.7. The fourth-order valence-electron chi connectivity index (χ4n) is 5.25. The zero-order valence-corrected chi connectivity index (χ0v) is 20.8. The van der Waals surface area contributed by atoms with E-state index in [4.69, 9.17) is 7.85 Å². The van der Waals surface area contributed by atoms with Crippen molar-refractivity contribution in [1.82, 2.24) is 15.5 Å². The van der Waals surface area contributed by atoms with Gasteiger partial charge in [-0.3, -0.25) is 24.5 Å². The Morgan fingerprint density at radius 3 is 2.58 bits per heavy atom. The predicted molar refractivity (Wildman–Crippen MR) is 135 cm³/mol. The summed E-state index contributed by atoms with van der Waals surface area (Å²) in [5.41, 5.74) is 0.0380. The average molecular weight is 520 g/mol. The predicted octanol–water partition coefficient (Wildman–Crippen LogP) is 2.34. The van der Waals surface area contributed by atoms with Crippen LogP contribution in [0.2, 0.25) is 0 Å². The Labute approximate surface area is 220 Å². The standard InChI is InChI=1S/C27H27BF2N4O4/c28-26(10-9-22(35)32-24(26)37)34-16-18-13-17(7-8-21(18)23(34)36)15-31-25(38)27(29,30)19-5-4-6-20(14-19)33-11-2-1-3-12-33/h4-8,13-14H,1-3,9-12,15-16H2,(H,31,38)(H,32,35,37). The van der Waals surface area contributed by atoms with Gasteiger partial charge in [0.05, 0.1) is 5.44 Å². The number of carbonyl (C=O) groups excluding carboxylic acids is 4. The Kier molecular flexibility index (Phi) is 6.71. The molecule has 38 heavy (non-hydrogen) atoms. The maximum Gasteiger partial charge on any atom is 0.349 e. The van der Waals surface area contributed by atoms with E-state index in [0.29, 0.717) is 22.4 Å². The van der Waals surface area contributed by atoms with Gasteiger partial charge < -0.3 is 15.1 Å². The van der Waals surface area contributed by atoms with Gasteiger partial charge in [0.25, 0.3) is 11.8 Å². The fourth-order valence-corrected chi connectivity index (χ4v) is 5.25. The molecule has 1 unspecified atom stereocenters. The van der Waals surface area contributed by atoms with Crippen LogP contribution in [0.15, 0.2) is 42.5 Å². The lowest BCUT2D eigenvalue weighted by Gasteiger charge is -2.40. The minimum absolute atomic E-state index is 0.00560. The maximum absolute atomic E-state index is 15.1. The number of benzene rings is 2. The molecule has 11 heteroatoms. The lowest BCUT2D eigenvalue weighted by molar-refractivity contribution is -0.147. The number of rotatable bonds is 6. The molecule has 0 saturated carbocycles. The van der Waals surface area contributed by atoms with Crippen LogP contribution in [0.4, 0.5) is 14.5 Å². The first kappa shape index (κ1) is 25.9. The van der Waals surface area contributed by atoms with Crippen LogP contribution in [-0.2, 0) is 33.4 Å². The molecule has 1 atom stereocenters. The van der Waals surface area contributed by atoms with E-state index in [0.717, 1.165) is 32.4 Å². The van der Waals surface area contributed by atoms with Crippen LogP contribution in [0.3, 0.4) is 0 Å². The number of nitrogens with zero attached hydrogens (tertiary/aromatic N) is 2. The fraction of sp³-hybridized carbons (Fsp3) is 0.407. The SMILES string of the molecule is [B]C1(N2Cc3cc(CNC(=O)C(F)(F)c4cccc(N5CCCCC5)c4)ccc3C2=O)CCC(=O)NC1=O. The van der Waals surface area contributed by atoms with Gasteiger partial charge in [0, 0.05) is 49.4 Å². The monoisotopic (exact) mass is 520 g/mol. The van der Waals surface area contributed by atoms with E-state index >= 15 is 8.78 Å². The quantitative estimate of drug-likeness (QED) is 0.450. The van der Waals surface area contributed by atoms with Gasteiger partial charge in [-0.2, -0.15) is 8.78 Å². The Bertz CT molecular complexity index is 1310. The van der Waals surface area contributed by atoms with E-state index in [1.165, 1.54) is 29.2 Å². The Balaban J connectivity index is 1.26. The van der Waals surface area contributed by atoms with Gasteiger partial charge in [0.2, 0.25) is 11.8 Å². The normalized spacial score (nSPS) is 21.8. The minimum Gasteiger partial charge on any atom is -0.372 e. The van der Waals surface area contributed by atoms with Crippen LogP contribution in [0.25, 0.3) is 0 Å². The molecule has 2 fully saturated rings. The molecule has 0 aromatic heterocycles. The lowest BCUT2D eigenvalue weighted by Crippen LogP contribution is -2.63. The third-order valence-electron chi connectivity index (χ3n) is 7.50. The highest BCUT2D eigenvalue weighted by Gasteiger charge is 2.48. The van der Waals surface area contributed by atoms with Gasteiger partial charge in [0.1, 0.15) is 7.85 Å². The molecule has 5 rings (SSSR count). The number of piperidine rings is 2. The summed E-state index contributed by atoms with van der Waals surface area (Å²) in [6, 6.07) is 10.6. The van der Waals surface area contributed by atoms with Crippen molar-refractivity contribution >= 4 is 37.2 Å². The van der Waals surface area contributed by atoms with E-state index in [1.807, 2.05) is 0 Å². The highest BCUT2D eigenvalue weighted by atomic mass is 19.3. The number of carbonyl (C=O) groups is 4. The van der Waals surface area contributed by atoms with Crippen LogP contribution >= 0.6 is 0 Å². The van der Waals surface area contributed by atoms with Gasteiger partial charge in [-0.05, 0) is 55.0 Å². The Morgan fingerprint density at radius 2 is 1.84 bits per heavy atom. The van der Waals surface area contributed by atoms with E-state index in [1.54, 1.807) is 18.2 Å². The van der Waals surface area contributed by atoms with Crippen LogP contribution < -0.4 is 15.5 Å². The van der Waals surface area contributed by atoms with Crippen molar-refractivity contribution in [2.75, 3.05) is 18.0 Å². The van der Waals surface area contributed by atoms with Crippen molar-refractivity contribution in [2.24, 2.45) is 0 Å². The summed E-state index contributed by atoms with van der Waals surface area (Å²) in [6.07, 6.45) is 3.13. The second kappa shape index (κ2) is 9.85. The number of alkyl halides is 2. The molecule has 2 radical (unpaired) electrons. The topological polar surface area (TPSA) is 98.8 Å². The number of amides is 4. The van der Waals surface area contributed by atoms with Gasteiger partial charge >= 0.3 is 5.92 Å². The van der Waals surface area contributed by atoms with E-state index in [2.05, 4.69) is 15.5 Å². The number of hydrogen-bond acceptors (Lipinski definition) is 5. The summed E-state index contributed by atoms with van der Waals surface area (Å²) >= 11 is 0. The molecule has 0 aliphatic carbocycles. The van der Waals surface area contributed by atoms with E-state index < -0.39 is 35.0 Å². The number of hydrogen-bond donors (Lipinski definition) is 2. The van der Waals surface area contributed by atoms with Crippen molar-refractivity contribution in [2.45, 2.75) is 56.6 Å². The molecule has 3 aliphatic heterocycles. The highest BCUT2D eigenvalue weighted by Crippen LogP contribution is 2.34. The average Bonchev–Trinajstić information content (AvgIpc) is 3.26. The zero-order valence-electron chi connectivity index (χ0n) is 20.8. The molecular weight excluding hydrogens is 493 g/mol. The molecule has 4 amide bonds. The van der Waals surface area contributed by atoms with Gasteiger partial charge in [-0.1, -0.05) is 24.3 Å². The van der Waals surface area contributed by atoms with Crippen LogP contribution in [-0.4, -0.2) is 54.9 Å². The summed E-state index contributed by atoms with van der Waals surface area (Å²) < 4.78 is 30.2. The van der Waals surface area contributed by atoms with Gasteiger partial charge in [-0.15, -0.1) is 0 Å². The lowest BCUT2D eigenvalue weighted by atomic mass is 9.70. The third kappa shape index (κ3) is 4.65. The number of fused-ring (bicyclic) bond motifs is 1. The minimum atomic E-state index is -3.73. The van der Waals surface area contributed by atoms with Crippen molar-refractivity contribution in [3.8, 4) is 0 Å². The first-order chi connectivity index (χ1) is 18.1. The van der Waals surface area contributed by atoms with Crippen LogP contribution in [0.5, 0.6) is 0 Å². The summed E-state index contributed by atoms with van der Waals surface area (Å²) in [5.74, 6) is -6.80. The van der Waals surface area contributed by atoms with Gasteiger partial charge in [-0.25, -0.2) is 0 Å². The second-order valence-electron chi connectivity index (χ2n) is 10.0. The highest BCUT2D eigenvalue weighted by molar-refractivity contribution is 6.32. The summed E-state index contributed by atoms with van der Waals surface area (Å²) in [5, 5.41) is 4.48. The molecule has 3 heterocycles. The summed E-state index contributed by atoms with van der Waals surface area (Å²) in [6.45, 7) is 1.44. The number of nitrogens with one attached hydrogen (secondary N) is 2. The smallest absolute Gasteiger partial charge is 0.349 e. The van der Waals surface area contributed by atoms with Gasteiger partial charge in [0.15, 0.2) is 0 Å².